The fourth-order valence-corrected chi connectivity index (χ4v) is 3.47. The summed E-state index contributed by atoms with van der Waals surface area (Å²) in [7, 11) is 0. The quantitative estimate of drug-likeness (QED) is 0.430. The van der Waals surface area contributed by atoms with Crippen molar-refractivity contribution in [3.05, 3.63) is 52.8 Å². The van der Waals surface area contributed by atoms with Gasteiger partial charge < -0.3 is 14.0 Å². The van der Waals surface area contributed by atoms with E-state index < -0.39 is 0 Å². The van der Waals surface area contributed by atoms with E-state index in [4.69, 9.17) is 21.1 Å². The second-order valence-corrected chi connectivity index (χ2v) is 6.86. The number of nitriles is 1. The van der Waals surface area contributed by atoms with E-state index in [-0.39, 0.29) is 0 Å². The summed E-state index contributed by atoms with van der Waals surface area (Å²) in [6.07, 6.45) is 2.65. The summed E-state index contributed by atoms with van der Waals surface area (Å²) in [6, 6.07) is 13.8. The molecule has 1 aromatic heterocycles. The van der Waals surface area contributed by atoms with Crippen molar-refractivity contribution in [1.29, 1.82) is 5.26 Å². The zero-order valence-electron chi connectivity index (χ0n) is 16.9. The lowest BCUT2D eigenvalue weighted by atomic mass is 10.1. The highest BCUT2D eigenvalue weighted by molar-refractivity contribution is 6.32. The lowest BCUT2D eigenvalue weighted by Crippen LogP contribution is -2.02. The molecule has 0 atom stereocenters. The minimum absolute atomic E-state index is 0.455. The summed E-state index contributed by atoms with van der Waals surface area (Å²) in [5.74, 6) is 1.74. The Labute approximate surface area is 176 Å². The van der Waals surface area contributed by atoms with Gasteiger partial charge in [0.05, 0.1) is 34.8 Å². The Bertz CT molecular complexity index is 1080. The van der Waals surface area contributed by atoms with Gasteiger partial charge in [-0.1, -0.05) is 30.7 Å². The van der Waals surface area contributed by atoms with E-state index >= 15 is 0 Å². The van der Waals surface area contributed by atoms with E-state index in [2.05, 4.69) is 11.1 Å². The van der Waals surface area contributed by atoms with Crippen molar-refractivity contribution >= 4 is 34.3 Å². The van der Waals surface area contributed by atoms with E-state index in [0.29, 0.717) is 47.7 Å². The van der Waals surface area contributed by atoms with Gasteiger partial charge >= 0.3 is 0 Å². The minimum Gasteiger partial charge on any atom is -0.490 e. The van der Waals surface area contributed by atoms with Crippen molar-refractivity contribution in [2.24, 2.45) is 0 Å². The smallest absolute Gasteiger partial charge is 0.179 e. The van der Waals surface area contributed by atoms with Crippen LogP contribution in [0.5, 0.6) is 11.5 Å². The van der Waals surface area contributed by atoms with Crippen LogP contribution < -0.4 is 9.47 Å². The predicted molar refractivity (Wildman–Crippen MR) is 117 cm³/mol. The highest BCUT2D eigenvalue weighted by atomic mass is 35.5. The second-order valence-electron chi connectivity index (χ2n) is 6.45. The summed E-state index contributed by atoms with van der Waals surface area (Å²) in [4.78, 5) is 4.67. The number of aryl methyl sites for hydroxylation is 1. The molecule has 2 aromatic carbocycles. The van der Waals surface area contributed by atoms with Crippen LogP contribution in [-0.4, -0.2) is 22.8 Å². The third-order valence-electron chi connectivity index (χ3n) is 4.43. The number of imidazole rings is 1. The van der Waals surface area contributed by atoms with Crippen LogP contribution in [0.1, 0.15) is 38.6 Å². The first-order chi connectivity index (χ1) is 14.1. The van der Waals surface area contributed by atoms with Crippen molar-refractivity contribution in [3.8, 4) is 17.6 Å². The normalized spacial score (nSPS) is 11.5. The van der Waals surface area contributed by atoms with Gasteiger partial charge in [0.25, 0.3) is 0 Å². The molecule has 150 valence electrons. The Balaban J connectivity index is 2.09. The molecule has 0 aliphatic carbocycles. The van der Waals surface area contributed by atoms with Crippen LogP contribution in [0.25, 0.3) is 22.7 Å². The molecule has 0 saturated heterocycles. The standard InChI is InChI=1S/C23H24ClN3O2/c1-4-11-29-22-18(24)13-16(14-21(22)28-6-3)12-17(15-25)23-26-19-9-7-8-10-20(19)27(23)5-2/h7-10,12-14H,4-6,11H2,1-3H3/b17-12-. The molecule has 0 fully saturated rings. The topological polar surface area (TPSA) is 60.1 Å². The number of ether oxygens (including phenoxy) is 2. The molecule has 1 heterocycles. The molecule has 0 radical (unpaired) electrons. The fourth-order valence-electron chi connectivity index (χ4n) is 3.19. The number of hydrogen-bond acceptors (Lipinski definition) is 4. The van der Waals surface area contributed by atoms with Crippen LogP contribution in [0.2, 0.25) is 5.02 Å². The Hall–Kier alpha value is -2.97. The van der Waals surface area contributed by atoms with Crippen molar-refractivity contribution in [1.82, 2.24) is 9.55 Å². The van der Waals surface area contributed by atoms with Crippen LogP contribution in [0, 0.1) is 11.3 Å². The van der Waals surface area contributed by atoms with Crippen LogP contribution in [0.4, 0.5) is 0 Å². The van der Waals surface area contributed by atoms with E-state index in [9.17, 15) is 5.26 Å². The number of para-hydroxylation sites is 2. The van der Waals surface area contributed by atoms with Crippen LogP contribution in [0.15, 0.2) is 36.4 Å². The molecule has 3 rings (SSSR count). The number of allylic oxidation sites excluding steroid dienone is 1. The molecule has 29 heavy (non-hydrogen) atoms. The Morgan fingerprint density at radius 1 is 1.21 bits per heavy atom. The number of nitrogens with zero attached hydrogens (tertiary/aromatic N) is 3. The molecule has 0 aliphatic heterocycles. The molecule has 0 aliphatic rings. The molecule has 0 unspecified atom stereocenters. The summed E-state index contributed by atoms with van der Waals surface area (Å²) >= 11 is 6.46. The van der Waals surface area contributed by atoms with Gasteiger partial charge in [0.2, 0.25) is 0 Å². The van der Waals surface area contributed by atoms with Gasteiger partial charge in [0.1, 0.15) is 6.07 Å². The largest absolute Gasteiger partial charge is 0.490 e. The molecule has 0 N–H and O–H groups in total. The van der Waals surface area contributed by atoms with Gasteiger partial charge in [0, 0.05) is 6.54 Å². The highest BCUT2D eigenvalue weighted by Gasteiger charge is 2.16. The molecule has 0 spiro atoms. The average Bonchev–Trinajstić information content (AvgIpc) is 3.10. The number of hydrogen-bond donors (Lipinski definition) is 0. The SMILES string of the molecule is CCCOc1c(Cl)cc(/C=C(/C#N)c2nc3ccccc3n2CC)cc1OCC. The number of halogens is 1. The van der Waals surface area contributed by atoms with Gasteiger partial charge in [-0.05, 0) is 56.2 Å². The zero-order chi connectivity index (χ0) is 20.8. The third-order valence-corrected chi connectivity index (χ3v) is 4.71. The molecule has 0 saturated carbocycles. The zero-order valence-corrected chi connectivity index (χ0v) is 17.7. The fraction of sp³-hybridized carbons (Fsp3) is 0.304. The molecule has 0 amide bonds. The van der Waals surface area contributed by atoms with E-state index in [1.54, 1.807) is 12.1 Å². The Kier molecular flexibility index (Phi) is 6.79. The van der Waals surface area contributed by atoms with Crippen LogP contribution in [-0.2, 0) is 6.54 Å². The summed E-state index contributed by atoms with van der Waals surface area (Å²) in [5, 5.41) is 10.3. The van der Waals surface area contributed by atoms with E-state index in [1.807, 2.05) is 55.7 Å². The molecule has 0 bridgehead atoms. The molecule has 5 nitrogen and oxygen atoms in total. The summed E-state index contributed by atoms with van der Waals surface area (Å²) in [6.45, 7) is 7.73. The molecular weight excluding hydrogens is 386 g/mol. The molecular formula is C23H24ClN3O2. The van der Waals surface area contributed by atoms with Crippen molar-refractivity contribution in [2.45, 2.75) is 33.7 Å². The minimum atomic E-state index is 0.455. The highest BCUT2D eigenvalue weighted by Crippen LogP contribution is 2.38. The Morgan fingerprint density at radius 2 is 2.00 bits per heavy atom. The lowest BCUT2D eigenvalue weighted by Gasteiger charge is -2.14. The monoisotopic (exact) mass is 409 g/mol. The van der Waals surface area contributed by atoms with Gasteiger partial charge in [-0.25, -0.2) is 4.98 Å². The maximum Gasteiger partial charge on any atom is 0.179 e. The van der Waals surface area contributed by atoms with E-state index in [0.717, 1.165) is 23.0 Å². The van der Waals surface area contributed by atoms with Crippen molar-refractivity contribution in [3.63, 3.8) is 0 Å². The predicted octanol–water partition coefficient (Wildman–Crippen LogP) is 5.96. The van der Waals surface area contributed by atoms with Gasteiger partial charge in [-0.15, -0.1) is 0 Å². The maximum atomic E-state index is 9.84. The first kappa shape index (κ1) is 20.8. The van der Waals surface area contributed by atoms with Gasteiger partial charge in [-0.2, -0.15) is 5.26 Å². The lowest BCUT2D eigenvalue weighted by molar-refractivity contribution is 0.277. The first-order valence-electron chi connectivity index (χ1n) is 9.79. The number of benzene rings is 2. The van der Waals surface area contributed by atoms with Gasteiger partial charge in [0.15, 0.2) is 17.3 Å². The van der Waals surface area contributed by atoms with Crippen LogP contribution in [0.3, 0.4) is 0 Å². The van der Waals surface area contributed by atoms with Crippen LogP contribution >= 0.6 is 11.6 Å². The Morgan fingerprint density at radius 3 is 2.69 bits per heavy atom. The van der Waals surface area contributed by atoms with Crippen molar-refractivity contribution in [2.75, 3.05) is 13.2 Å². The summed E-state index contributed by atoms with van der Waals surface area (Å²) in [5.41, 5.74) is 3.08. The number of rotatable bonds is 8. The van der Waals surface area contributed by atoms with Crippen molar-refractivity contribution < 1.29 is 9.47 Å². The summed E-state index contributed by atoms with van der Waals surface area (Å²) < 4.78 is 13.5. The maximum absolute atomic E-state index is 9.84. The second kappa shape index (κ2) is 9.49. The van der Waals surface area contributed by atoms with E-state index in [1.165, 1.54) is 0 Å². The van der Waals surface area contributed by atoms with Gasteiger partial charge in [-0.3, -0.25) is 0 Å². The number of fused-ring (bicyclic) bond motifs is 1. The molecule has 3 aromatic rings. The third kappa shape index (κ3) is 4.38. The molecule has 6 heteroatoms. The first-order valence-corrected chi connectivity index (χ1v) is 10.2. The number of aromatic nitrogens is 2. The average molecular weight is 410 g/mol.